The highest BCUT2D eigenvalue weighted by molar-refractivity contribution is 5.93. The molecular weight excluding hydrogens is 360 g/mol. The molecule has 9 heteroatoms. The molecule has 1 N–H and O–H groups in total. The van der Waals surface area contributed by atoms with Crippen LogP contribution >= 0.6 is 0 Å². The van der Waals surface area contributed by atoms with Gasteiger partial charge in [0.15, 0.2) is 11.5 Å². The summed E-state index contributed by atoms with van der Waals surface area (Å²) in [5.74, 6) is 1.85. The summed E-state index contributed by atoms with van der Waals surface area (Å²) in [6.45, 7) is 4.16. The SMILES string of the molecule is CCOc1ccccc1NC(=O)Cc1nnc2ccc(-c3nc(C)no3)cn12. The summed E-state index contributed by atoms with van der Waals surface area (Å²) in [5.41, 5.74) is 1.96. The number of hydrogen-bond acceptors (Lipinski definition) is 7. The lowest BCUT2D eigenvalue weighted by atomic mass is 10.2. The fraction of sp³-hybridized carbons (Fsp3) is 0.211. The van der Waals surface area contributed by atoms with Crippen molar-refractivity contribution in [3.05, 3.63) is 54.2 Å². The van der Waals surface area contributed by atoms with Gasteiger partial charge in [-0.1, -0.05) is 17.3 Å². The second-order valence-electron chi connectivity index (χ2n) is 6.06. The molecule has 142 valence electrons. The number of aryl methyl sites for hydroxylation is 1. The minimum Gasteiger partial charge on any atom is -0.492 e. The van der Waals surface area contributed by atoms with Gasteiger partial charge in [-0.3, -0.25) is 9.20 Å². The smallest absolute Gasteiger partial charge is 0.259 e. The molecule has 0 saturated heterocycles. The van der Waals surface area contributed by atoms with Gasteiger partial charge < -0.3 is 14.6 Å². The Bertz CT molecular complexity index is 1130. The van der Waals surface area contributed by atoms with Gasteiger partial charge in [0.1, 0.15) is 11.6 Å². The number of carbonyl (C=O) groups is 1. The van der Waals surface area contributed by atoms with Crippen LogP contribution in [0.25, 0.3) is 17.1 Å². The van der Waals surface area contributed by atoms with Gasteiger partial charge >= 0.3 is 0 Å². The Morgan fingerprint density at radius 3 is 2.86 bits per heavy atom. The number of benzene rings is 1. The fourth-order valence-corrected chi connectivity index (χ4v) is 2.79. The predicted octanol–water partition coefficient (Wildman–Crippen LogP) is 2.67. The first kappa shape index (κ1) is 17.7. The van der Waals surface area contributed by atoms with Gasteiger partial charge in [-0.15, -0.1) is 10.2 Å². The second-order valence-corrected chi connectivity index (χ2v) is 6.06. The number of ether oxygens (including phenoxy) is 1. The summed E-state index contributed by atoms with van der Waals surface area (Å²) >= 11 is 0. The number of carbonyl (C=O) groups excluding carboxylic acids is 1. The highest BCUT2D eigenvalue weighted by Crippen LogP contribution is 2.24. The topological polar surface area (TPSA) is 107 Å². The van der Waals surface area contributed by atoms with Crippen molar-refractivity contribution in [1.82, 2.24) is 24.7 Å². The number of pyridine rings is 1. The Labute approximate surface area is 160 Å². The Balaban J connectivity index is 1.57. The highest BCUT2D eigenvalue weighted by atomic mass is 16.5. The average molecular weight is 378 g/mol. The Kier molecular flexibility index (Phi) is 4.71. The van der Waals surface area contributed by atoms with E-state index in [1.54, 1.807) is 29.7 Å². The molecule has 0 atom stereocenters. The van der Waals surface area contributed by atoms with Crippen LogP contribution in [-0.4, -0.2) is 37.3 Å². The maximum absolute atomic E-state index is 12.5. The minimum absolute atomic E-state index is 0.0495. The maximum Gasteiger partial charge on any atom is 0.259 e. The number of anilines is 1. The van der Waals surface area contributed by atoms with Crippen molar-refractivity contribution in [1.29, 1.82) is 0 Å². The van der Waals surface area contributed by atoms with Crippen LogP contribution in [0.3, 0.4) is 0 Å². The third-order valence-electron chi connectivity index (χ3n) is 4.03. The first-order chi connectivity index (χ1) is 13.6. The molecular formula is C19H18N6O3. The van der Waals surface area contributed by atoms with Gasteiger partial charge in [-0.2, -0.15) is 4.98 Å². The maximum atomic E-state index is 12.5. The van der Waals surface area contributed by atoms with Crippen LogP contribution in [0.4, 0.5) is 5.69 Å². The molecule has 0 bridgehead atoms. The summed E-state index contributed by atoms with van der Waals surface area (Å²) in [6, 6.07) is 10.9. The molecule has 4 aromatic rings. The van der Waals surface area contributed by atoms with Crippen LogP contribution in [0.1, 0.15) is 18.6 Å². The van der Waals surface area contributed by atoms with Crippen molar-refractivity contribution in [2.45, 2.75) is 20.3 Å². The van der Waals surface area contributed by atoms with E-state index in [0.29, 0.717) is 41.2 Å². The molecule has 4 rings (SSSR count). The number of fused-ring (bicyclic) bond motifs is 1. The summed E-state index contributed by atoms with van der Waals surface area (Å²) < 4.78 is 12.5. The Hall–Kier alpha value is -3.75. The monoisotopic (exact) mass is 378 g/mol. The van der Waals surface area contributed by atoms with Crippen LogP contribution in [0, 0.1) is 6.92 Å². The molecule has 0 aliphatic heterocycles. The van der Waals surface area contributed by atoms with Gasteiger partial charge in [0, 0.05) is 6.20 Å². The number of nitrogens with zero attached hydrogens (tertiary/aromatic N) is 5. The zero-order valence-corrected chi connectivity index (χ0v) is 15.4. The molecule has 9 nitrogen and oxygen atoms in total. The van der Waals surface area contributed by atoms with Crippen molar-refractivity contribution in [3.63, 3.8) is 0 Å². The molecule has 0 unspecified atom stereocenters. The highest BCUT2D eigenvalue weighted by Gasteiger charge is 2.15. The molecule has 1 aromatic carbocycles. The van der Waals surface area contributed by atoms with Crippen molar-refractivity contribution >= 4 is 17.2 Å². The lowest BCUT2D eigenvalue weighted by Crippen LogP contribution is -2.17. The second kappa shape index (κ2) is 7.47. The first-order valence-electron chi connectivity index (χ1n) is 8.80. The van der Waals surface area contributed by atoms with E-state index in [2.05, 4.69) is 25.7 Å². The Morgan fingerprint density at radius 2 is 2.07 bits per heavy atom. The van der Waals surface area contributed by atoms with Gasteiger partial charge in [0.05, 0.1) is 24.3 Å². The van der Waals surface area contributed by atoms with E-state index in [0.717, 1.165) is 5.56 Å². The van der Waals surface area contributed by atoms with E-state index in [4.69, 9.17) is 9.26 Å². The number of amides is 1. The largest absolute Gasteiger partial charge is 0.492 e. The van der Waals surface area contributed by atoms with Gasteiger partial charge in [-0.05, 0) is 38.1 Å². The van der Waals surface area contributed by atoms with Gasteiger partial charge in [-0.25, -0.2) is 0 Å². The van der Waals surface area contributed by atoms with Gasteiger partial charge in [0.2, 0.25) is 5.91 Å². The fourth-order valence-electron chi connectivity index (χ4n) is 2.79. The van der Waals surface area contributed by atoms with Crippen LogP contribution in [0.15, 0.2) is 47.1 Å². The average Bonchev–Trinajstić information content (AvgIpc) is 3.30. The number of hydrogen-bond donors (Lipinski definition) is 1. The molecule has 0 aliphatic rings. The van der Waals surface area contributed by atoms with Crippen molar-refractivity contribution in [3.8, 4) is 17.2 Å². The number of nitrogens with one attached hydrogen (secondary N) is 1. The molecule has 0 radical (unpaired) electrons. The number of aromatic nitrogens is 5. The number of rotatable bonds is 6. The van der Waals surface area contributed by atoms with Gasteiger partial charge in [0.25, 0.3) is 5.89 Å². The molecule has 0 spiro atoms. The van der Waals surface area contributed by atoms with E-state index >= 15 is 0 Å². The van der Waals surface area contributed by atoms with Crippen LogP contribution in [-0.2, 0) is 11.2 Å². The standard InChI is InChI=1S/C19H18N6O3/c1-3-27-15-7-5-4-6-14(15)21-18(26)10-17-23-22-16-9-8-13(11-25(16)17)19-20-12(2)24-28-19/h4-9,11H,3,10H2,1-2H3,(H,21,26). The first-order valence-corrected chi connectivity index (χ1v) is 8.80. The van der Waals surface area contributed by atoms with Crippen LogP contribution in [0.5, 0.6) is 5.75 Å². The lowest BCUT2D eigenvalue weighted by molar-refractivity contribution is -0.115. The molecule has 28 heavy (non-hydrogen) atoms. The third-order valence-corrected chi connectivity index (χ3v) is 4.03. The molecule has 0 saturated carbocycles. The summed E-state index contributed by atoms with van der Waals surface area (Å²) in [6.07, 6.45) is 1.83. The Morgan fingerprint density at radius 1 is 1.21 bits per heavy atom. The quantitative estimate of drug-likeness (QED) is 0.549. The molecule has 3 aromatic heterocycles. The van der Waals surface area contributed by atoms with E-state index < -0.39 is 0 Å². The predicted molar refractivity (Wildman–Crippen MR) is 101 cm³/mol. The van der Waals surface area contributed by atoms with Crippen LogP contribution < -0.4 is 10.1 Å². The zero-order valence-electron chi connectivity index (χ0n) is 15.4. The van der Waals surface area contributed by atoms with Crippen molar-refractivity contribution in [2.75, 3.05) is 11.9 Å². The summed E-state index contributed by atoms with van der Waals surface area (Å²) in [7, 11) is 0. The molecule has 0 fully saturated rings. The zero-order chi connectivity index (χ0) is 19.5. The van der Waals surface area contributed by atoms with Crippen molar-refractivity contribution < 1.29 is 14.1 Å². The minimum atomic E-state index is -0.222. The van der Waals surface area contributed by atoms with E-state index in [9.17, 15) is 4.79 Å². The van der Waals surface area contributed by atoms with Crippen LogP contribution in [0.2, 0.25) is 0 Å². The molecule has 3 heterocycles. The van der Waals surface area contributed by atoms with E-state index in [-0.39, 0.29) is 12.3 Å². The number of para-hydroxylation sites is 2. The molecule has 0 aliphatic carbocycles. The summed E-state index contributed by atoms with van der Waals surface area (Å²) in [4.78, 5) is 16.8. The van der Waals surface area contributed by atoms with Crippen molar-refractivity contribution in [2.24, 2.45) is 0 Å². The third kappa shape index (κ3) is 3.54. The normalized spacial score (nSPS) is 10.9. The van der Waals surface area contributed by atoms with E-state index in [1.165, 1.54) is 0 Å². The lowest BCUT2D eigenvalue weighted by Gasteiger charge is -2.10. The van der Waals surface area contributed by atoms with E-state index in [1.807, 2.05) is 31.2 Å². The molecule has 1 amide bonds. The summed E-state index contributed by atoms with van der Waals surface area (Å²) in [5, 5.41) is 14.9.